The molecule has 0 bridgehead atoms. The van der Waals surface area contributed by atoms with Crippen LogP contribution in [0.3, 0.4) is 0 Å². The Bertz CT molecular complexity index is 1630. The first-order valence-electron chi connectivity index (χ1n) is 14.8. The first-order valence-corrected chi connectivity index (χ1v) is 14.8. The summed E-state index contributed by atoms with van der Waals surface area (Å²) in [7, 11) is 0. The lowest BCUT2D eigenvalue weighted by atomic mass is 9.82. The van der Waals surface area contributed by atoms with Crippen molar-refractivity contribution in [2.24, 2.45) is 5.92 Å². The van der Waals surface area contributed by atoms with Gasteiger partial charge >= 0.3 is 0 Å². The maximum atomic E-state index is 14.4. The summed E-state index contributed by atoms with van der Waals surface area (Å²) in [6.45, 7) is 17.5. The van der Waals surface area contributed by atoms with Crippen LogP contribution in [0.4, 0.5) is 4.39 Å². The van der Waals surface area contributed by atoms with E-state index in [0.717, 1.165) is 58.8 Å². The van der Waals surface area contributed by atoms with Crippen molar-refractivity contribution in [3.8, 4) is 16.9 Å². The number of aromatic nitrogens is 2. The Balaban J connectivity index is 1.57. The highest BCUT2D eigenvalue weighted by Gasteiger charge is 2.27. The van der Waals surface area contributed by atoms with Crippen molar-refractivity contribution in [3.05, 3.63) is 106 Å². The normalized spacial score (nSPS) is 15.7. The molecular formula is C36H42FN3O. The molecule has 0 radical (unpaired) electrons. The minimum absolute atomic E-state index is 0.0455. The van der Waals surface area contributed by atoms with Gasteiger partial charge in [-0.25, -0.2) is 9.37 Å². The fourth-order valence-electron chi connectivity index (χ4n) is 5.91. The minimum Gasteiger partial charge on any atom is -0.491 e. The highest BCUT2D eigenvalue weighted by molar-refractivity contribution is 5.82. The number of hydrogen-bond acceptors (Lipinski definition) is 3. The van der Waals surface area contributed by atoms with Crippen molar-refractivity contribution in [2.75, 3.05) is 13.2 Å². The maximum Gasteiger partial charge on any atom is 0.124 e. The summed E-state index contributed by atoms with van der Waals surface area (Å²) in [6, 6.07) is 20.0. The molecule has 0 saturated carbocycles. The number of nitrogens with one attached hydrogen (secondary N) is 1. The van der Waals surface area contributed by atoms with Crippen LogP contribution in [0.25, 0.3) is 22.2 Å². The molecule has 0 fully saturated rings. The van der Waals surface area contributed by atoms with Crippen LogP contribution in [0.2, 0.25) is 0 Å². The Morgan fingerprint density at radius 1 is 1.02 bits per heavy atom. The van der Waals surface area contributed by atoms with E-state index in [2.05, 4.69) is 92.8 Å². The largest absolute Gasteiger partial charge is 0.491 e. The van der Waals surface area contributed by atoms with Crippen molar-refractivity contribution in [2.45, 2.75) is 67.3 Å². The van der Waals surface area contributed by atoms with Gasteiger partial charge in [0, 0.05) is 23.7 Å². The molecule has 1 N–H and O–H groups in total. The molecule has 0 amide bonds. The van der Waals surface area contributed by atoms with Crippen LogP contribution in [-0.2, 0) is 6.54 Å². The molecule has 0 spiro atoms. The summed E-state index contributed by atoms with van der Waals surface area (Å²) in [5.74, 6) is 2.07. The molecule has 4 nitrogen and oxygen atoms in total. The van der Waals surface area contributed by atoms with E-state index < -0.39 is 0 Å². The van der Waals surface area contributed by atoms with Crippen LogP contribution in [-0.4, -0.2) is 28.0 Å². The lowest BCUT2D eigenvalue weighted by Gasteiger charge is -2.34. The first-order chi connectivity index (χ1) is 19.7. The van der Waals surface area contributed by atoms with E-state index in [0.29, 0.717) is 12.5 Å². The van der Waals surface area contributed by atoms with Gasteiger partial charge in [-0.1, -0.05) is 57.5 Å². The van der Waals surface area contributed by atoms with Crippen molar-refractivity contribution in [1.82, 2.24) is 14.9 Å². The molecule has 5 rings (SSSR count). The predicted molar refractivity (Wildman–Crippen MR) is 168 cm³/mol. The summed E-state index contributed by atoms with van der Waals surface area (Å²) in [6.07, 6.45) is 0.938. The number of aryl methyl sites for hydroxylation is 1. The number of allylic oxidation sites excluding steroid dienone is 3. The van der Waals surface area contributed by atoms with Gasteiger partial charge in [-0.2, -0.15) is 0 Å². The lowest BCUT2D eigenvalue weighted by Crippen LogP contribution is -2.29. The van der Waals surface area contributed by atoms with Gasteiger partial charge in [-0.3, -0.25) is 0 Å². The van der Waals surface area contributed by atoms with Gasteiger partial charge in [-0.15, -0.1) is 0 Å². The van der Waals surface area contributed by atoms with Crippen LogP contribution < -0.4 is 4.74 Å². The number of H-pyrrole nitrogens is 1. The lowest BCUT2D eigenvalue weighted by molar-refractivity contribution is 0.263. The quantitative estimate of drug-likeness (QED) is 0.233. The van der Waals surface area contributed by atoms with Crippen LogP contribution in [0.5, 0.6) is 5.75 Å². The highest BCUT2D eigenvalue weighted by atomic mass is 19.1. The predicted octanol–water partition coefficient (Wildman–Crippen LogP) is 9.33. The van der Waals surface area contributed by atoms with Gasteiger partial charge in [0.05, 0.1) is 17.6 Å². The van der Waals surface area contributed by atoms with Crippen LogP contribution in [0, 0.1) is 18.7 Å². The zero-order valence-electron chi connectivity index (χ0n) is 25.4. The second kappa shape index (κ2) is 11.9. The summed E-state index contributed by atoms with van der Waals surface area (Å²) in [5.41, 5.74) is 11.7. The molecule has 3 aromatic carbocycles. The molecule has 0 aliphatic carbocycles. The third kappa shape index (κ3) is 5.95. The summed E-state index contributed by atoms with van der Waals surface area (Å²) < 4.78 is 20.7. The van der Waals surface area contributed by atoms with E-state index >= 15 is 0 Å². The zero-order valence-corrected chi connectivity index (χ0v) is 25.4. The topological polar surface area (TPSA) is 41.1 Å². The minimum atomic E-state index is -0.193. The summed E-state index contributed by atoms with van der Waals surface area (Å²) in [5, 5.41) is 0. The van der Waals surface area contributed by atoms with Gasteiger partial charge in [-0.05, 0) is 97.3 Å². The van der Waals surface area contributed by atoms with Crippen LogP contribution in [0.1, 0.15) is 70.8 Å². The average Bonchev–Trinajstić information content (AvgIpc) is 3.20. The Morgan fingerprint density at radius 2 is 1.78 bits per heavy atom. The number of imidazole rings is 1. The molecule has 1 atom stereocenters. The smallest absolute Gasteiger partial charge is 0.124 e. The monoisotopic (exact) mass is 551 g/mol. The second-order valence-electron chi connectivity index (χ2n) is 11.7. The Labute approximate surface area is 244 Å². The zero-order chi connectivity index (χ0) is 29.3. The Hall–Kier alpha value is -3.86. The molecule has 5 heteroatoms. The van der Waals surface area contributed by atoms with Crippen molar-refractivity contribution in [3.63, 3.8) is 0 Å². The third-order valence-electron chi connectivity index (χ3n) is 8.55. The van der Waals surface area contributed by atoms with Crippen molar-refractivity contribution in [1.29, 1.82) is 0 Å². The summed E-state index contributed by atoms with van der Waals surface area (Å²) >= 11 is 0. The SMILES string of the molecule is CC/C(C)=C(/C(=C(/C)C(C)C)C(C)c1cccc(F)c1)N1CCOc2ccc(-c3ccc4nc(C)[nH]c4c3)cc2C1. The standard InChI is InChI=1S/C36H42FN3O/c1-8-23(4)36(35(24(5)22(2)3)25(6)27-10-9-11-31(37)19-27)40-16-17-41-34-15-13-28(18-30(34)21-40)29-12-14-32-33(20-29)39-26(7)38-32/h9-15,18-20,22,25H,8,16-17,21H2,1-7H3,(H,38,39)/b35-24-,36-23-. The maximum absolute atomic E-state index is 14.4. The van der Waals surface area contributed by atoms with Gasteiger partial charge in [0.25, 0.3) is 0 Å². The van der Waals surface area contributed by atoms with E-state index in [9.17, 15) is 4.39 Å². The van der Waals surface area contributed by atoms with E-state index in [1.807, 2.05) is 19.1 Å². The Kier molecular flexibility index (Phi) is 8.35. The fourth-order valence-corrected chi connectivity index (χ4v) is 5.91. The van der Waals surface area contributed by atoms with E-state index in [4.69, 9.17) is 4.74 Å². The van der Waals surface area contributed by atoms with Crippen molar-refractivity contribution >= 4 is 11.0 Å². The number of nitrogens with zero attached hydrogens (tertiary/aromatic N) is 2. The van der Waals surface area contributed by atoms with Crippen LogP contribution in [0.15, 0.2) is 83.1 Å². The number of hydrogen-bond donors (Lipinski definition) is 1. The molecule has 1 aliphatic rings. The van der Waals surface area contributed by atoms with Gasteiger partial charge in [0.2, 0.25) is 0 Å². The highest BCUT2D eigenvalue weighted by Crippen LogP contribution is 2.40. The van der Waals surface area contributed by atoms with Gasteiger partial charge in [0.1, 0.15) is 24.0 Å². The average molecular weight is 552 g/mol. The van der Waals surface area contributed by atoms with Gasteiger partial charge < -0.3 is 14.6 Å². The van der Waals surface area contributed by atoms with E-state index in [1.54, 1.807) is 6.07 Å². The number of aromatic amines is 1. The molecule has 4 aromatic rings. The number of benzene rings is 3. The molecular weight excluding hydrogens is 509 g/mol. The molecule has 1 aliphatic heterocycles. The molecule has 0 saturated heterocycles. The molecule has 1 unspecified atom stereocenters. The molecule has 2 heterocycles. The second-order valence-corrected chi connectivity index (χ2v) is 11.7. The van der Waals surface area contributed by atoms with E-state index in [1.165, 1.54) is 34.0 Å². The summed E-state index contributed by atoms with van der Waals surface area (Å²) in [4.78, 5) is 10.4. The molecule has 1 aromatic heterocycles. The Morgan fingerprint density at radius 3 is 2.51 bits per heavy atom. The fraction of sp³-hybridized carbons (Fsp3) is 0.361. The van der Waals surface area contributed by atoms with E-state index in [-0.39, 0.29) is 11.7 Å². The number of fused-ring (bicyclic) bond motifs is 2. The third-order valence-corrected chi connectivity index (χ3v) is 8.55. The number of rotatable bonds is 7. The molecule has 41 heavy (non-hydrogen) atoms. The van der Waals surface area contributed by atoms with Crippen molar-refractivity contribution < 1.29 is 9.13 Å². The number of ether oxygens (including phenoxy) is 1. The molecule has 214 valence electrons. The van der Waals surface area contributed by atoms with Gasteiger partial charge in [0.15, 0.2) is 0 Å². The van der Waals surface area contributed by atoms with Crippen LogP contribution >= 0.6 is 0 Å². The first kappa shape index (κ1) is 28.7. The number of halogens is 1.